The molecule has 74 valence electrons. The van der Waals surface area contributed by atoms with Gasteiger partial charge in [-0.2, -0.15) is 0 Å². The van der Waals surface area contributed by atoms with Crippen LogP contribution < -0.4 is 0 Å². The summed E-state index contributed by atoms with van der Waals surface area (Å²) in [5.74, 6) is 1.04. The van der Waals surface area contributed by atoms with Crippen LogP contribution in [0.1, 0.15) is 11.6 Å². The molecule has 0 spiro atoms. The van der Waals surface area contributed by atoms with Crippen molar-refractivity contribution in [1.82, 2.24) is 9.97 Å². The highest BCUT2D eigenvalue weighted by molar-refractivity contribution is 5.44. The van der Waals surface area contributed by atoms with Crippen molar-refractivity contribution in [3.63, 3.8) is 0 Å². The van der Waals surface area contributed by atoms with Gasteiger partial charge in [-0.25, -0.2) is 9.97 Å². The molecular formula is C9H10N2O3. The Morgan fingerprint density at radius 2 is 2.14 bits per heavy atom. The molecule has 0 radical (unpaired) electrons. The number of ether oxygens (including phenoxy) is 1. The topological polar surface area (TPSA) is 61.3 Å². The molecule has 5 nitrogen and oxygen atoms in total. The molecule has 0 N–H and O–H groups in total. The van der Waals surface area contributed by atoms with Gasteiger partial charge in [0.05, 0.1) is 6.61 Å². The normalized spacial score (nSPS) is 10.7. The van der Waals surface area contributed by atoms with E-state index in [0.717, 1.165) is 5.69 Å². The van der Waals surface area contributed by atoms with Gasteiger partial charge in [-0.1, -0.05) is 0 Å². The summed E-state index contributed by atoms with van der Waals surface area (Å²) in [6.45, 7) is 2.20. The van der Waals surface area contributed by atoms with Crippen molar-refractivity contribution >= 4 is 0 Å². The van der Waals surface area contributed by atoms with E-state index < -0.39 is 0 Å². The molecule has 2 rings (SSSR count). The molecule has 2 aromatic heterocycles. The van der Waals surface area contributed by atoms with Crippen LogP contribution in [0.25, 0.3) is 11.6 Å². The lowest BCUT2D eigenvalue weighted by Gasteiger charge is -1.88. The van der Waals surface area contributed by atoms with Crippen LogP contribution >= 0.6 is 0 Å². The minimum Gasteiger partial charge on any atom is -0.448 e. The van der Waals surface area contributed by atoms with Crippen molar-refractivity contribution < 1.29 is 13.6 Å². The standard InChI is InChI=1S/C9H10N2O3/c1-6-10-8(5-13-6)9-11-7(3-12-2)4-14-9/h4-5H,3H2,1-2H3. The molecule has 2 heterocycles. The SMILES string of the molecule is COCc1coc(-c2coc(C)n2)n1. The van der Waals surface area contributed by atoms with Gasteiger partial charge in [-0.05, 0) is 0 Å². The van der Waals surface area contributed by atoms with Crippen LogP contribution in [0.4, 0.5) is 0 Å². The first kappa shape index (κ1) is 8.96. The Hall–Kier alpha value is -1.62. The Balaban J connectivity index is 2.24. The van der Waals surface area contributed by atoms with E-state index in [1.54, 1.807) is 20.3 Å². The molecule has 0 unspecified atom stereocenters. The van der Waals surface area contributed by atoms with Gasteiger partial charge in [0.15, 0.2) is 11.6 Å². The average molecular weight is 194 g/mol. The number of aromatic nitrogens is 2. The van der Waals surface area contributed by atoms with E-state index in [4.69, 9.17) is 13.6 Å². The molecule has 0 atom stereocenters. The van der Waals surface area contributed by atoms with Crippen molar-refractivity contribution in [2.24, 2.45) is 0 Å². The highest BCUT2D eigenvalue weighted by Crippen LogP contribution is 2.17. The number of hydrogen-bond acceptors (Lipinski definition) is 5. The molecule has 0 bridgehead atoms. The second-order valence-corrected chi connectivity index (χ2v) is 2.83. The van der Waals surface area contributed by atoms with E-state index >= 15 is 0 Å². The predicted octanol–water partition coefficient (Wildman–Crippen LogP) is 1.78. The quantitative estimate of drug-likeness (QED) is 0.745. The molecule has 0 aliphatic carbocycles. The van der Waals surface area contributed by atoms with Crippen LogP contribution in [-0.2, 0) is 11.3 Å². The zero-order chi connectivity index (χ0) is 9.97. The first-order chi connectivity index (χ1) is 6.79. The van der Waals surface area contributed by atoms with Gasteiger partial charge in [0, 0.05) is 14.0 Å². The van der Waals surface area contributed by atoms with Gasteiger partial charge < -0.3 is 13.6 Å². The maximum Gasteiger partial charge on any atom is 0.248 e. The summed E-state index contributed by atoms with van der Waals surface area (Å²) in [7, 11) is 1.61. The van der Waals surface area contributed by atoms with Gasteiger partial charge >= 0.3 is 0 Å². The van der Waals surface area contributed by atoms with Crippen LogP contribution in [0.15, 0.2) is 21.4 Å². The summed E-state index contributed by atoms with van der Waals surface area (Å²) >= 11 is 0. The lowest BCUT2D eigenvalue weighted by atomic mass is 10.5. The number of oxazole rings is 2. The average Bonchev–Trinajstić information content (AvgIpc) is 2.74. The lowest BCUT2D eigenvalue weighted by molar-refractivity contribution is 0.181. The van der Waals surface area contributed by atoms with Crippen LogP contribution in [0.3, 0.4) is 0 Å². The smallest absolute Gasteiger partial charge is 0.248 e. The van der Waals surface area contributed by atoms with E-state index in [-0.39, 0.29) is 0 Å². The molecule has 5 heteroatoms. The number of methoxy groups -OCH3 is 1. The largest absolute Gasteiger partial charge is 0.448 e. The molecule has 14 heavy (non-hydrogen) atoms. The van der Waals surface area contributed by atoms with E-state index in [1.807, 2.05) is 0 Å². The van der Waals surface area contributed by atoms with Crippen LogP contribution in [0.5, 0.6) is 0 Å². The molecule has 0 saturated heterocycles. The number of hydrogen-bond donors (Lipinski definition) is 0. The van der Waals surface area contributed by atoms with Crippen LogP contribution in [0, 0.1) is 6.92 Å². The molecule has 0 amide bonds. The Bertz CT molecular complexity index is 419. The van der Waals surface area contributed by atoms with Crippen LogP contribution in [-0.4, -0.2) is 17.1 Å². The van der Waals surface area contributed by atoms with E-state index in [1.165, 1.54) is 6.26 Å². The summed E-state index contributed by atoms with van der Waals surface area (Å²) in [5, 5.41) is 0. The number of aryl methyl sites for hydroxylation is 1. The van der Waals surface area contributed by atoms with Gasteiger partial charge in [0.2, 0.25) is 5.89 Å². The monoisotopic (exact) mass is 194 g/mol. The Morgan fingerprint density at radius 1 is 1.29 bits per heavy atom. The summed E-state index contributed by atoms with van der Waals surface area (Å²) in [4.78, 5) is 8.26. The zero-order valence-electron chi connectivity index (χ0n) is 7.98. The maximum absolute atomic E-state index is 5.20. The van der Waals surface area contributed by atoms with Gasteiger partial charge in [0.25, 0.3) is 0 Å². The van der Waals surface area contributed by atoms with Crippen molar-refractivity contribution in [2.75, 3.05) is 7.11 Å². The summed E-state index contributed by atoms with van der Waals surface area (Å²) in [5.41, 5.74) is 1.34. The van der Waals surface area contributed by atoms with E-state index in [2.05, 4.69) is 9.97 Å². The number of nitrogens with zero attached hydrogens (tertiary/aromatic N) is 2. The second-order valence-electron chi connectivity index (χ2n) is 2.83. The van der Waals surface area contributed by atoms with Crippen molar-refractivity contribution in [1.29, 1.82) is 0 Å². The van der Waals surface area contributed by atoms with Gasteiger partial charge in [0.1, 0.15) is 18.2 Å². The molecule has 0 aromatic carbocycles. The Labute approximate surface area is 80.7 Å². The fourth-order valence-electron chi connectivity index (χ4n) is 1.10. The minimum absolute atomic E-state index is 0.431. The summed E-state index contributed by atoms with van der Waals surface area (Å²) < 4.78 is 15.2. The lowest BCUT2D eigenvalue weighted by Crippen LogP contribution is -1.87. The minimum atomic E-state index is 0.431. The van der Waals surface area contributed by atoms with Gasteiger partial charge in [-0.15, -0.1) is 0 Å². The Kier molecular flexibility index (Phi) is 2.32. The van der Waals surface area contributed by atoms with Crippen molar-refractivity contribution in [2.45, 2.75) is 13.5 Å². The maximum atomic E-state index is 5.20. The van der Waals surface area contributed by atoms with E-state index in [0.29, 0.717) is 24.1 Å². The molecular weight excluding hydrogens is 184 g/mol. The third kappa shape index (κ3) is 1.67. The highest BCUT2D eigenvalue weighted by atomic mass is 16.5. The molecule has 0 fully saturated rings. The fourth-order valence-corrected chi connectivity index (χ4v) is 1.10. The molecule has 0 aliphatic rings. The summed E-state index contributed by atoms with van der Waals surface area (Å²) in [6.07, 6.45) is 3.06. The first-order valence-corrected chi connectivity index (χ1v) is 4.15. The van der Waals surface area contributed by atoms with Crippen molar-refractivity contribution in [3.8, 4) is 11.6 Å². The zero-order valence-corrected chi connectivity index (χ0v) is 7.98. The molecule has 0 saturated carbocycles. The Morgan fingerprint density at radius 3 is 2.79 bits per heavy atom. The predicted molar refractivity (Wildman–Crippen MR) is 47.5 cm³/mol. The molecule has 2 aromatic rings. The third-order valence-corrected chi connectivity index (χ3v) is 1.68. The molecule has 0 aliphatic heterocycles. The highest BCUT2D eigenvalue weighted by Gasteiger charge is 2.10. The summed E-state index contributed by atoms with van der Waals surface area (Å²) in [6, 6.07) is 0. The second kappa shape index (κ2) is 3.63. The van der Waals surface area contributed by atoms with Gasteiger partial charge in [-0.3, -0.25) is 0 Å². The number of rotatable bonds is 3. The first-order valence-electron chi connectivity index (χ1n) is 4.15. The van der Waals surface area contributed by atoms with Crippen LogP contribution in [0.2, 0.25) is 0 Å². The van der Waals surface area contributed by atoms with E-state index in [9.17, 15) is 0 Å². The van der Waals surface area contributed by atoms with Crippen molar-refractivity contribution in [3.05, 3.63) is 24.1 Å². The fraction of sp³-hybridized carbons (Fsp3) is 0.333. The third-order valence-electron chi connectivity index (χ3n) is 1.68.